The molecule has 0 aromatic carbocycles. The van der Waals surface area contributed by atoms with Crippen LogP contribution in [-0.2, 0) is 23.9 Å². The van der Waals surface area contributed by atoms with Crippen LogP contribution in [0.5, 0.6) is 0 Å². The van der Waals surface area contributed by atoms with Crippen LogP contribution in [-0.4, -0.2) is 81.8 Å². The van der Waals surface area contributed by atoms with Crippen molar-refractivity contribution in [1.82, 2.24) is 9.80 Å². The fourth-order valence-corrected chi connectivity index (χ4v) is 6.23. The summed E-state index contributed by atoms with van der Waals surface area (Å²) in [5.41, 5.74) is -2.41. The molecule has 0 aromatic heterocycles. The highest BCUT2D eigenvalue weighted by atomic mass is 16.6. The van der Waals surface area contributed by atoms with Crippen LogP contribution in [0, 0.1) is 17.8 Å². The normalized spacial score (nSPS) is 38.3. The van der Waals surface area contributed by atoms with Crippen molar-refractivity contribution in [3.63, 3.8) is 0 Å². The highest BCUT2D eigenvalue weighted by Gasteiger charge is 2.75. The molecule has 0 aliphatic carbocycles. The molecule has 4 aliphatic heterocycles. The minimum Gasteiger partial charge on any atom is -0.465 e. The van der Waals surface area contributed by atoms with Crippen LogP contribution in [0.15, 0.2) is 24.3 Å². The number of amides is 2. The van der Waals surface area contributed by atoms with Crippen molar-refractivity contribution >= 4 is 17.8 Å². The van der Waals surface area contributed by atoms with E-state index in [1.165, 1.54) is 4.90 Å². The summed E-state index contributed by atoms with van der Waals surface area (Å²) in [6, 6.07) is -1.61. The molecule has 34 heavy (non-hydrogen) atoms. The van der Waals surface area contributed by atoms with E-state index < -0.39 is 41.1 Å². The van der Waals surface area contributed by atoms with Crippen LogP contribution >= 0.6 is 0 Å². The van der Waals surface area contributed by atoms with Crippen LogP contribution in [0.2, 0.25) is 0 Å². The van der Waals surface area contributed by atoms with Crippen LogP contribution in [0.3, 0.4) is 0 Å². The van der Waals surface area contributed by atoms with Gasteiger partial charge in [-0.25, -0.2) is 0 Å². The molecule has 2 fully saturated rings. The molecule has 4 aliphatic rings. The van der Waals surface area contributed by atoms with Gasteiger partial charge in [-0.3, -0.25) is 14.4 Å². The second-order valence-corrected chi connectivity index (χ2v) is 10.6. The molecule has 1 unspecified atom stereocenters. The van der Waals surface area contributed by atoms with Gasteiger partial charge in [0.2, 0.25) is 11.8 Å². The molecule has 2 amide bonds. The Kier molecular flexibility index (Phi) is 6.68. The van der Waals surface area contributed by atoms with E-state index in [-0.39, 0.29) is 37.0 Å². The number of carbonyl (C=O) groups excluding carboxylic acids is 3. The van der Waals surface area contributed by atoms with Crippen LogP contribution in [0.25, 0.3) is 0 Å². The molecule has 0 bridgehead atoms. The number of aliphatic hydroxyl groups is 1. The molecule has 7 atom stereocenters. The second kappa shape index (κ2) is 9.11. The Morgan fingerprint density at radius 3 is 2.50 bits per heavy atom. The number of fused-ring (bicyclic) bond motifs is 2. The van der Waals surface area contributed by atoms with Gasteiger partial charge in [0.25, 0.3) is 0 Å². The minimum absolute atomic E-state index is 0.0453. The molecule has 0 saturated carbocycles. The summed E-state index contributed by atoms with van der Waals surface area (Å²) in [7, 11) is 0. The first-order chi connectivity index (χ1) is 16.1. The summed E-state index contributed by atoms with van der Waals surface area (Å²) in [4.78, 5) is 44.9. The zero-order valence-electron chi connectivity index (χ0n) is 20.9. The van der Waals surface area contributed by atoms with Gasteiger partial charge in [-0.2, -0.15) is 0 Å². The standard InChI is InChI=1S/C26H38N2O6/c1-6-17(4)18(15-29)28-21-23(31)27(16(2)3)13-10-12-26(21)19(22(28)30)20-24(32)33-14-9-7-8-11-25(20,5)34-26/h8,10-12,16-21,29H,6-7,9,13-15H2,1-5H3/b11-8-/t17-,18-,19-,20+,21?,25-,26-/m0/s1. The number of esters is 1. The van der Waals surface area contributed by atoms with Gasteiger partial charge in [0.15, 0.2) is 0 Å². The molecule has 8 nitrogen and oxygen atoms in total. The molecule has 4 heterocycles. The molecule has 188 valence electrons. The third-order valence-corrected chi connectivity index (χ3v) is 8.19. The van der Waals surface area contributed by atoms with Gasteiger partial charge in [0.1, 0.15) is 17.6 Å². The summed E-state index contributed by atoms with van der Waals surface area (Å²) in [5.74, 6) is -2.86. The number of allylic oxidation sites excluding steroid dienone is 1. The van der Waals surface area contributed by atoms with E-state index in [0.29, 0.717) is 13.0 Å². The largest absolute Gasteiger partial charge is 0.465 e. The van der Waals surface area contributed by atoms with Gasteiger partial charge in [-0.1, -0.05) is 44.6 Å². The predicted molar refractivity (Wildman–Crippen MR) is 125 cm³/mol. The quantitative estimate of drug-likeness (QED) is 0.484. The van der Waals surface area contributed by atoms with Gasteiger partial charge in [0.05, 0.1) is 30.8 Å². The molecule has 0 aromatic rings. The number of aliphatic hydroxyl groups excluding tert-OH is 1. The Labute approximate surface area is 201 Å². The average Bonchev–Trinajstić information content (AvgIpc) is 3.13. The van der Waals surface area contributed by atoms with E-state index in [1.807, 2.05) is 58.9 Å². The Balaban J connectivity index is 1.92. The average molecular weight is 475 g/mol. The maximum Gasteiger partial charge on any atom is 0.313 e. The Morgan fingerprint density at radius 2 is 1.85 bits per heavy atom. The highest BCUT2D eigenvalue weighted by Crippen LogP contribution is 2.57. The summed E-state index contributed by atoms with van der Waals surface area (Å²) in [6.45, 7) is 10.0. The van der Waals surface area contributed by atoms with E-state index in [0.717, 1.165) is 12.8 Å². The fraction of sp³-hybridized carbons (Fsp3) is 0.731. The van der Waals surface area contributed by atoms with Gasteiger partial charge < -0.3 is 24.4 Å². The van der Waals surface area contributed by atoms with Crippen LogP contribution < -0.4 is 0 Å². The van der Waals surface area contributed by atoms with Gasteiger partial charge in [-0.15, -0.1) is 0 Å². The van der Waals surface area contributed by atoms with Crippen molar-refractivity contribution in [3.05, 3.63) is 24.3 Å². The lowest BCUT2D eigenvalue weighted by atomic mass is 9.74. The molecule has 2 saturated heterocycles. The zero-order chi connectivity index (χ0) is 24.8. The number of hydrogen-bond acceptors (Lipinski definition) is 6. The number of rotatable bonds is 5. The van der Waals surface area contributed by atoms with Crippen molar-refractivity contribution < 1.29 is 29.0 Å². The zero-order valence-corrected chi connectivity index (χ0v) is 20.9. The summed E-state index contributed by atoms with van der Waals surface area (Å²) in [5, 5.41) is 10.4. The summed E-state index contributed by atoms with van der Waals surface area (Å²) >= 11 is 0. The van der Waals surface area contributed by atoms with Crippen LogP contribution in [0.4, 0.5) is 0 Å². The number of likely N-dealkylation sites (tertiary alicyclic amines) is 1. The molecular weight excluding hydrogens is 436 g/mol. The van der Waals surface area contributed by atoms with Gasteiger partial charge in [0, 0.05) is 12.6 Å². The van der Waals surface area contributed by atoms with E-state index in [2.05, 4.69) is 0 Å². The number of ether oxygens (including phenoxy) is 2. The second-order valence-electron chi connectivity index (χ2n) is 10.6. The first kappa shape index (κ1) is 24.9. The predicted octanol–water partition coefficient (Wildman–Crippen LogP) is 2.06. The summed E-state index contributed by atoms with van der Waals surface area (Å²) in [6.07, 6.45) is 9.71. The van der Waals surface area contributed by atoms with Crippen LogP contribution in [0.1, 0.15) is 53.9 Å². The van der Waals surface area contributed by atoms with E-state index in [4.69, 9.17) is 9.47 Å². The Bertz CT molecular complexity index is 900. The summed E-state index contributed by atoms with van der Waals surface area (Å²) < 4.78 is 12.3. The lowest BCUT2D eigenvalue weighted by Gasteiger charge is -2.42. The van der Waals surface area contributed by atoms with Crippen molar-refractivity contribution in [2.45, 2.75) is 83.2 Å². The van der Waals surface area contributed by atoms with E-state index >= 15 is 0 Å². The molecule has 1 spiro atoms. The first-order valence-electron chi connectivity index (χ1n) is 12.6. The molecule has 4 rings (SSSR count). The first-order valence-corrected chi connectivity index (χ1v) is 12.6. The third-order valence-electron chi connectivity index (χ3n) is 8.19. The number of carbonyl (C=O) groups is 3. The maximum atomic E-state index is 14.2. The number of nitrogens with zero attached hydrogens (tertiary/aromatic N) is 2. The fourth-order valence-electron chi connectivity index (χ4n) is 6.23. The molecular formula is C26H38N2O6. The van der Waals surface area contributed by atoms with Crippen molar-refractivity contribution in [1.29, 1.82) is 0 Å². The Morgan fingerprint density at radius 1 is 1.12 bits per heavy atom. The Hall–Kier alpha value is -2.19. The van der Waals surface area contributed by atoms with Crippen molar-refractivity contribution in [2.24, 2.45) is 17.8 Å². The van der Waals surface area contributed by atoms with Gasteiger partial charge in [-0.05, 0) is 39.5 Å². The molecule has 1 N–H and O–H groups in total. The number of cyclic esters (lactones) is 1. The van der Waals surface area contributed by atoms with E-state index in [9.17, 15) is 19.5 Å². The lowest BCUT2D eigenvalue weighted by Crippen LogP contribution is -2.60. The maximum absolute atomic E-state index is 14.2. The lowest BCUT2D eigenvalue weighted by molar-refractivity contribution is -0.162. The third kappa shape index (κ3) is 3.61. The monoisotopic (exact) mass is 474 g/mol. The molecule has 8 heteroatoms. The van der Waals surface area contributed by atoms with E-state index in [1.54, 1.807) is 4.90 Å². The number of hydrogen-bond donors (Lipinski definition) is 1. The van der Waals surface area contributed by atoms with Crippen molar-refractivity contribution in [3.8, 4) is 0 Å². The minimum atomic E-state index is -1.32. The van der Waals surface area contributed by atoms with Crippen molar-refractivity contribution in [2.75, 3.05) is 19.8 Å². The van der Waals surface area contributed by atoms with Gasteiger partial charge >= 0.3 is 5.97 Å². The highest BCUT2D eigenvalue weighted by molar-refractivity contribution is 5.99. The molecule has 0 radical (unpaired) electrons. The smallest absolute Gasteiger partial charge is 0.313 e. The SMILES string of the molecule is CC[C@H](C)[C@H](CO)N1C(=O)[C@@H]2[C@@H]3C(=O)OCCC/C=C\[C@]3(C)O[C@@]23C=CCN(C(C)C)C(=O)C13. The topological polar surface area (TPSA) is 96.4 Å².